The quantitative estimate of drug-likeness (QED) is 0.515. The van der Waals surface area contributed by atoms with Crippen LogP contribution in [-0.4, -0.2) is 56.6 Å². The molecule has 3 aromatic heterocycles. The third-order valence-corrected chi connectivity index (χ3v) is 6.20. The minimum absolute atomic E-state index is 0.0399. The van der Waals surface area contributed by atoms with E-state index in [4.69, 9.17) is 9.47 Å². The van der Waals surface area contributed by atoms with Crippen molar-refractivity contribution in [3.8, 4) is 22.8 Å². The van der Waals surface area contributed by atoms with Crippen LogP contribution in [0.1, 0.15) is 22.7 Å². The Labute approximate surface area is 189 Å². The van der Waals surface area contributed by atoms with Crippen LogP contribution in [-0.2, 0) is 20.1 Å². The topological polar surface area (TPSA) is 81.7 Å². The highest BCUT2D eigenvalue weighted by Crippen LogP contribution is 2.41. The third kappa shape index (κ3) is 3.20. The van der Waals surface area contributed by atoms with E-state index >= 15 is 0 Å². The number of nitrogens with one attached hydrogen (secondary N) is 1. The normalized spacial score (nSPS) is 16.9. The van der Waals surface area contributed by atoms with E-state index in [1.54, 1.807) is 12.4 Å². The Morgan fingerprint density at radius 2 is 2.00 bits per heavy atom. The standard InChI is InChI=1S/C23H24FN7O2/c1-29(2)9-14-6-18(30(3)28-14)15-7-20-23(31-12-26-27-22(15)31)25-8-16-17(24)4-5-19-21(16)13(10-32-19)11-33-20/h4-7,12-13,25H,8-11H2,1-3H3/t13-/m1/s1. The van der Waals surface area contributed by atoms with Gasteiger partial charge in [0.15, 0.2) is 17.2 Å². The first-order valence-corrected chi connectivity index (χ1v) is 10.8. The van der Waals surface area contributed by atoms with E-state index in [2.05, 4.69) is 31.6 Å². The fourth-order valence-corrected chi connectivity index (χ4v) is 4.75. The number of anilines is 1. The zero-order chi connectivity index (χ0) is 22.7. The summed E-state index contributed by atoms with van der Waals surface area (Å²) in [5.74, 6) is 1.77. The predicted molar refractivity (Wildman–Crippen MR) is 120 cm³/mol. The van der Waals surface area contributed by atoms with Gasteiger partial charge >= 0.3 is 0 Å². The summed E-state index contributed by atoms with van der Waals surface area (Å²) >= 11 is 0. The molecule has 33 heavy (non-hydrogen) atoms. The molecule has 1 aromatic carbocycles. The van der Waals surface area contributed by atoms with E-state index in [1.807, 2.05) is 36.3 Å². The third-order valence-electron chi connectivity index (χ3n) is 6.20. The highest BCUT2D eigenvalue weighted by molar-refractivity contribution is 5.80. The Morgan fingerprint density at radius 3 is 2.82 bits per heavy atom. The molecule has 9 nitrogen and oxygen atoms in total. The summed E-state index contributed by atoms with van der Waals surface area (Å²) in [6, 6.07) is 7.18. The summed E-state index contributed by atoms with van der Waals surface area (Å²) in [6.07, 6.45) is 1.64. The molecule has 0 spiro atoms. The monoisotopic (exact) mass is 449 g/mol. The smallest absolute Gasteiger partial charge is 0.171 e. The van der Waals surface area contributed by atoms with Crippen LogP contribution in [0.2, 0.25) is 0 Å². The van der Waals surface area contributed by atoms with Crippen LogP contribution < -0.4 is 14.8 Å². The summed E-state index contributed by atoms with van der Waals surface area (Å²) in [7, 11) is 5.94. The van der Waals surface area contributed by atoms with Gasteiger partial charge in [-0.25, -0.2) is 4.39 Å². The molecule has 0 amide bonds. The Kier molecular flexibility index (Phi) is 4.51. The molecular formula is C23H24FN7O2. The van der Waals surface area contributed by atoms with Crippen LogP contribution in [0.3, 0.4) is 0 Å². The summed E-state index contributed by atoms with van der Waals surface area (Å²) in [4.78, 5) is 2.07. The molecule has 170 valence electrons. The number of benzene rings is 1. The number of rotatable bonds is 3. The van der Waals surface area contributed by atoms with E-state index in [-0.39, 0.29) is 11.7 Å². The molecule has 10 heteroatoms. The predicted octanol–water partition coefficient (Wildman–Crippen LogP) is 2.81. The summed E-state index contributed by atoms with van der Waals surface area (Å²) in [5, 5.41) is 16.5. The molecule has 1 atom stereocenters. The lowest BCUT2D eigenvalue weighted by molar-refractivity contribution is 0.249. The molecular weight excluding hydrogens is 425 g/mol. The lowest BCUT2D eigenvalue weighted by atomic mass is 9.96. The van der Waals surface area contributed by atoms with Crippen LogP contribution in [0.25, 0.3) is 16.9 Å². The van der Waals surface area contributed by atoms with Crippen molar-refractivity contribution in [2.75, 3.05) is 32.6 Å². The maximum absolute atomic E-state index is 14.8. The zero-order valence-corrected chi connectivity index (χ0v) is 18.7. The van der Waals surface area contributed by atoms with E-state index in [9.17, 15) is 4.39 Å². The molecule has 0 radical (unpaired) electrons. The molecule has 4 aromatic rings. The summed E-state index contributed by atoms with van der Waals surface area (Å²) in [5.41, 5.74) is 4.90. The number of ether oxygens (including phenoxy) is 2. The molecule has 0 saturated carbocycles. The van der Waals surface area contributed by atoms with Gasteiger partial charge in [0.1, 0.15) is 17.9 Å². The molecule has 5 heterocycles. The van der Waals surface area contributed by atoms with E-state index in [0.29, 0.717) is 42.5 Å². The molecule has 0 aliphatic carbocycles. The fourth-order valence-electron chi connectivity index (χ4n) is 4.75. The van der Waals surface area contributed by atoms with Crippen molar-refractivity contribution in [2.24, 2.45) is 7.05 Å². The van der Waals surface area contributed by atoms with Gasteiger partial charge in [-0.2, -0.15) is 5.10 Å². The van der Waals surface area contributed by atoms with Gasteiger partial charge in [-0.05, 0) is 38.4 Å². The van der Waals surface area contributed by atoms with E-state index in [1.165, 1.54) is 6.07 Å². The van der Waals surface area contributed by atoms with Gasteiger partial charge in [0.05, 0.1) is 30.5 Å². The van der Waals surface area contributed by atoms with Crippen LogP contribution >= 0.6 is 0 Å². The summed E-state index contributed by atoms with van der Waals surface area (Å²) < 4.78 is 30.6. The average molecular weight is 449 g/mol. The minimum Gasteiger partial charge on any atom is -0.493 e. The second-order valence-corrected chi connectivity index (χ2v) is 8.79. The SMILES string of the molecule is CN(C)Cc1cc(-c2cc3c(n4cnnc24)NCc2c(F)ccc4c2[C@H](CO4)CO3)n(C)n1. The lowest BCUT2D eigenvalue weighted by Gasteiger charge is -2.16. The molecule has 0 fully saturated rings. The summed E-state index contributed by atoms with van der Waals surface area (Å²) in [6.45, 7) is 1.88. The zero-order valence-electron chi connectivity index (χ0n) is 18.7. The Morgan fingerprint density at radius 1 is 1.18 bits per heavy atom. The van der Waals surface area contributed by atoms with Crippen LogP contribution in [0.5, 0.6) is 11.5 Å². The van der Waals surface area contributed by atoms with Crippen molar-refractivity contribution >= 4 is 11.5 Å². The number of nitrogens with zero attached hydrogens (tertiary/aromatic N) is 6. The minimum atomic E-state index is -0.250. The van der Waals surface area contributed by atoms with Gasteiger partial charge in [-0.3, -0.25) is 9.08 Å². The number of hydrogen-bond donors (Lipinski definition) is 1. The number of fused-ring (bicyclic) bond motifs is 3. The second kappa shape index (κ2) is 7.45. The van der Waals surface area contributed by atoms with Crippen LogP contribution in [0.15, 0.2) is 30.6 Å². The molecule has 2 aliphatic rings. The highest BCUT2D eigenvalue weighted by Gasteiger charge is 2.32. The van der Waals surface area contributed by atoms with Crippen molar-refractivity contribution in [2.45, 2.75) is 19.0 Å². The molecule has 1 N–H and O–H groups in total. The maximum atomic E-state index is 14.8. The Bertz CT molecular complexity index is 1380. The van der Waals surface area contributed by atoms with Gasteiger partial charge in [0, 0.05) is 36.8 Å². The first-order chi connectivity index (χ1) is 16.0. The largest absolute Gasteiger partial charge is 0.493 e. The molecule has 2 aliphatic heterocycles. The van der Waals surface area contributed by atoms with E-state index < -0.39 is 0 Å². The van der Waals surface area contributed by atoms with Gasteiger partial charge in [-0.1, -0.05) is 0 Å². The number of aromatic nitrogens is 5. The van der Waals surface area contributed by atoms with Crippen molar-refractivity contribution in [3.05, 3.63) is 53.2 Å². The van der Waals surface area contributed by atoms with Crippen molar-refractivity contribution in [3.63, 3.8) is 0 Å². The van der Waals surface area contributed by atoms with Crippen LogP contribution in [0.4, 0.5) is 10.2 Å². The van der Waals surface area contributed by atoms with Gasteiger partial charge < -0.3 is 19.7 Å². The Balaban J connectivity index is 1.48. The van der Waals surface area contributed by atoms with Gasteiger partial charge in [0.2, 0.25) is 0 Å². The van der Waals surface area contributed by atoms with Crippen LogP contribution in [0, 0.1) is 5.82 Å². The van der Waals surface area contributed by atoms with Crippen molar-refractivity contribution < 1.29 is 13.9 Å². The highest BCUT2D eigenvalue weighted by atomic mass is 19.1. The number of aryl methyl sites for hydroxylation is 1. The number of hydrogen-bond acceptors (Lipinski definition) is 7. The lowest BCUT2D eigenvalue weighted by Crippen LogP contribution is -2.13. The van der Waals surface area contributed by atoms with Crippen molar-refractivity contribution in [1.82, 2.24) is 29.3 Å². The second-order valence-electron chi connectivity index (χ2n) is 8.79. The fraction of sp³-hybridized carbons (Fsp3) is 0.348. The average Bonchev–Trinajstić information content (AvgIpc) is 3.50. The van der Waals surface area contributed by atoms with E-state index in [0.717, 1.165) is 34.8 Å². The Hall–Kier alpha value is -3.66. The first-order valence-electron chi connectivity index (χ1n) is 10.8. The molecule has 0 bridgehead atoms. The van der Waals surface area contributed by atoms with Crippen molar-refractivity contribution in [1.29, 1.82) is 0 Å². The maximum Gasteiger partial charge on any atom is 0.171 e. The molecule has 6 rings (SSSR count). The molecule has 0 unspecified atom stereocenters. The van der Waals surface area contributed by atoms with Gasteiger partial charge in [-0.15, -0.1) is 10.2 Å². The molecule has 0 saturated heterocycles. The first kappa shape index (κ1) is 20.0. The number of pyridine rings is 1. The van der Waals surface area contributed by atoms with Gasteiger partial charge in [0.25, 0.3) is 0 Å². The number of halogens is 1.